The van der Waals surface area contributed by atoms with E-state index in [9.17, 15) is 0 Å². The van der Waals surface area contributed by atoms with Gasteiger partial charge in [0.1, 0.15) is 0 Å². The smallest absolute Gasteiger partial charge is 0.00420 e. The molecule has 15 heavy (non-hydrogen) atoms. The molecule has 2 heterocycles. The fourth-order valence-electron chi connectivity index (χ4n) is 3.24. The molecule has 88 valence electrons. The minimum atomic E-state index is 0.742. The Kier molecular flexibility index (Phi) is 3.68. The third-order valence-electron chi connectivity index (χ3n) is 4.36. The van der Waals surface area contributed by atoms with Crippen LogP contribution in [0.1, 0.15) is 40.0 Å². The summed E-state index contributed by atoms with van der Waals surface area (Å²) < 4.78 is 0. The maximum atomic E-state index is 3.59. The van der Waals surface area contributed by atoms with Crippen LogP contribution < -0.4 is 5.32 Å². The third-order valence-corrected chi connectivity index (χ3v) is 4.36. The lowest BCUT2D eigenvalue weighted by molar-refractivity contribution is 0.124. The van der Waals surface area contributed by atoms with Gasteiger partial charge in [-0.1, -0.05) is 0 Å². The van der Waals surface area contributed by atoms with E-state index in [2.05, 4.69) is 31.0 Å². The first-order valence-electron chi connectivity index (χ1n) is 6.64. The standard InChI is InChI=1S/C13H26N2/c1-10(2)15-6-4-12(5-7-15)13-8-11(3)14-9-13/h10-14H,4-9H2,1-3H3. The Morgan fingerprint density at radius 2 is 1.80 bits per heavy atom. The number of hydrogen-bond acceptors (Lipinski definition) is 2. The third kappa shape index (κ3) is 2.73. The highest BCUT2D eigenvalue weighted by Gasteiger charge is 2.31. The number of nitrogens with zero attached hydrogens (tertiary/aromatic N) is 1. The molecule has 0 bridgehead atoms. The van der Waals surface area contributed by atoms with Crippen molar-refractivity contribution in [1.29, 1.82) is 0 Å². The zero-order chi connectivity index (χ0) is 10.8. The Hall–Kier alpha value is -0.0800. The summed E-state index contributed by atoms with van der Waals surface area (Å²) in [6.07, 6.45) is 4.26. The van der Waals surface area contributed by atoms with Crippen LogP contribution in [-0.4, -0.2) is 36.6 Å². The molecule has 0 aromatic rings. The van der Waals surface area contributed by atoms with E-state index in [0.29, 0.717) is 0 Å². The molecule has 2 aliphatic heterocycles. The van der Waals surface area contributed by atoms with Crippen molar-refractivity contribution >= 4 is 0 Å². The molecule has 0 aromatic heterocycles. The lowest BCUT2D eigenvalue weighted by atomic mass is 9.83. The van der Waals surface area contributed by atoms with Crippen LogP contribution in [0.2, 0.25) is 0 Å². The van der Waals surface area contributed by atoms with Gasteiger partial charge in [-0.15, -0.1) is 0 Å². The molecule has 1 N–H and O–H groups in total. The maximum absolute atomic E-state index is 3.59. The van der Waals surface area contributed by atoms with Gasteiger partial charge in [0.05, 0.1) is 0 Å². The fraction of sp³-hybridized carbons (Fsp3) is 1.00. The predicted molar refractivity (Wildman–Crippen MR) is 65.0 cm³/mol. The van der Waals surface area contributed by atoms with E-state index in [4.69, 9.17) is 0 Å². The zero-order valence-corrected chi connectivity index (χ0v) is 10.5. The maximum Gasteiger partial charge on any atom is 0.00420 e. The second kappa shape index (κ2) is 4.84. The molecule has 0 radical (unpaired) electrons. The van der Waals surface area contributed by atoms with Crippen LogP contribution >= 0.6 is 0 Å². The van der Waals surface area contributed by atoms with Crippen LogP contribution in [-0.2, 0) is 0 Å². The van der Waals surface area contributed by atoms with Crippen molar-refractivity contribution in [3.8, 4) is 0 Å². The van der Waals surface area contributed by atoms with Gasteiger partial charge in [0, 0.05) is 12.1 Å². The minimum absolute atomic E-state index is 0.742. The van der Waals surface area contributed by atoms with Crippen LogP contribution in [0, 0.1) is 11.8 Å². The topological polar surface area (TPSA) is 15.3 Å². The summed E-state index contributed by atoms with van der Waals surface area (Å²) in [7, 11) is 0. The molecule has 0 aromatic carbocycles. The SMILES string of the molecule is CC1CC(C2CCN(C(C)C)CC2)CN1. The summed E-state index contributed by atoms with van der Waals surface area (Å²) in [6, 6.07) is 1.50. The Morgan fingerprint density at radius 1 is 1.13 bits per heavy atom. The summed E-state index contributed by atoms with van der Waals surface area (Å²) >= 11 is 0. The first-order valence-corrected chi connectivity index (χ1v) is 6.64. The van der Waals surface area contributed by atoms with Crippen molar-refractivity contribution in [1.82, 2.24) is 10.2 Å². The van der Waals surface area contributed by atoms with Gasteiger partial charge in [-0.05, 0) is 71.5 Å². The molecule has 2 atom stereocenters. The predicted octanol–water partition coefficient (Wildman–Crippen LogP) is 2.10. The lowest BCUT2D eigenvalue weighted by Gasteiger charge is -2.36. The van der Waals surface area contributed by atoms with Crippen LogP contribution in [0.3, 0.4) is 0 Å². The molecule has 0 spiro atoms. The van der Waals surface area contributed by atoms with Gasteiger partial charge < -0.3 is 10.2 Å². The normalized spacial score (nSPS) is 35.2. The van der Waals surface area contributed by atoms with Crippen molar-refractivity contribution < 1.29 is 0 Å². The van der Waals surface area contributed by atoms with Gasteiger partial charge in [-0.25, -0.2) is 0 Å². The van der Waals surface area contributed by atoms with E-state index in [1.165, 1.54) is 38.9 Å². The van der Waals surface area contributed by atoms with Crippen molar-refractivity contribution in [2.75, 3.05) is 19.6 Å². The number of piperidine rings is 1. The highest BCUT2D eigenvalue weighted by Crippen LogP contribution is 2.31. The second-order valence-electron chi connectivity index (χ2n) is 5.77. The molecule has 2 rings (SSSR count). The lowest BCUT2D eigenvalue weighted by Crippen LogP contribution is -2.40. The zero-order valence-electron chi connectivity index (χ0n) is 10.5. The van der Waals surface area contributed by atoms with Crippen LogP contribution in [0.4, 0.5) is 0 Å². The van der Waals surface area contributed by atoms with E-state index in [1.807, 2.05) is 0 Å². The van der Waals surface area contributed by atoms with Crippen molar-refractivity contribution in [2.24, 2.45) is 11.8 Å². The number of likely N-dealkylation sites (tertiary alicyclic amines) is 1. The molecular formula is C13H26N2. The number of hydrogen-bond donors (Lipinski definition) is 1. The van der Waals surface area contributed by atoms with Gasteiger partial charge in [0.25, 0.3) is 0 Å². The average Bonchev–Trinajstić information content (AvgIpc) is 2.65. The first-order chi connectivity index (χ1) is 7.16. The minimum Gasteiger partial charge on any atom is -0.314 e. The van der Waals surface area contributed by atoms with Crippen molar-refractivity contribution in [3.63, 3.8) is 0 Å². The molecular weight excluding hydrogens is 184 g/mol. The summed E-state index contributed by atoms with van der Waals surface area (Å²) in [4.78, 5) is 2.63. The number of nitrogens with one attached hydrogen (secondary N) is 1. The van der Waals surface area contributed by atoms with E-state index in [0.717, 1.165) is 23.9 Å². The van der Waals surface area contributed by atoms with Gasteiger partial charge >= 0.3 is 0 Å². The van der Waals surface area contributed by atoms with E-state index in [-0.39, 0.29) is 0 Å². The van der Waals surface area contributed by atoms with E-state index >= 15 is 0 Å². The molecule has 2 nitrogen and oxygen atoms in total. The average molecular weight is 210 g/mol. The highest BCUT2D eigenvalue weighted by molar-refractivity contribution is 4.86. The van der Waals surface area contributed by atoms with Crippen molar-refractivity contribution in [2.45, 2.75) is 52.1 Å². The van der Waals surface area contributed by atoms with E-state index < -0.39 is 0 Å². The second-order valence-corrected chi connectivity index (χ2v) is 5.77. The molecule has 2 fully saturated rings. The quantitative estimate of drug-likeness (QED) is 0.751. The van der Waals surface area contributed by atoms with Gasteiger partial charge in [0.15, 0.2) is 0 Å². The molecule has 2 heteroatoms. The van der Waals surface area contributed by atoms with Gasteiger partial charge in [0.2, 0.25) is 0 Å². The molecule has 2 aliphatic rings. The van der Waals surface area contributed by atoms with Crippen molar-refractivity contribution in [3.05, 3.63) is 0 Å². The molecule has 0 saturated carbocycles. The summed E-state index contributed by atoms with van der Waals surface area (Å²) in [5, 5.41) is 3.59. The van der Waals surface area contributed by atoms with Gasteiger partial charge in [-0.2, -0.15) is 0 Å². The molecule has 2 unspecified atom stereocenters. The van der Waals surface area contributed by atoms with Crippen LogP contribution in [0.15, 0.2) is 0 Å². The number of rotatable bonds is 2. The first kappa shape index (κ1) is 11.4. The van der Waals surface area contributed by atoms with Crippen LogP contribution in [0.5, 0.6) is 0 Å². The Morgan fingerprint density at radius 3 is 2.27 bits per heavy atom. The molecule has 0 amide bonds. The summed E-state index contributed by atoms with van der Waals surface area (Å²) in [5.41, 5.74) is 0. The Labute approximate surface area is 94.4 Å². The van der Waals surface area contributed by atoms with E-state index in [1.54, 1.807) is 0 Å². The Balaban J connectivity index is 1.78. The van der Waals surface area contributed by atoms with Crippen LogP contribution in [0.25, 0.3) is 0 Å². The molecule has 0 aliphatic carbocycles. The van der Waals surface area contributed by atoms with Gasteiger partial charge in [-0.3, -0.25) is 0 Å². The largest absolute Gasteiger partial charge is 0.314 e. The summed E-state index contributed by atoms with van der Waals surface area (Å²) in [6.45, 7) is 10.9. The fourth-order valence-corrected chi connectivity index (χ4v) is 3.24. The summed E-state index contributed by atoms with van der Waals surface area (Å²) in [5.74, 6) is 1.96. The monoisotopic (exact) mass is 210 g/mol. The Bertz CT molecular complexity index is 195. The molecule has 2 saturated heterocycles. The highest BCUT2D eigenvalue weighted by atomic mass is 15.1.